The molecule has 1 amide bonds. The van der Waals surface area contributed by atoms with Gasteiger partial charge in [-0.2, -0.15) is 0 Å². The van der Waals surface area contributed by atoms with Crippen molar-refractivity contribution in [2.75, 3.05) is 23.1 Å². The number of hydrogen-bond donors (Lipinski definition) is 1. The fourth-order valence-corrected chi connectivity index (χ4v) is 5.56. The molecule has 3 aromatic carbocycles. The Bertz CT molecular complexity index is 1140. The van der Waals surface area contributed by atoms with Crippen molar-refractivity contribution in [3.63, 3.8) is 0 Å². The van der Waals surface area contributed by atoms with E-state index in [1.807, 2.05) is 43.3 Å². The standard InChI is InChI=1S/C24H25ClN2O3S2/c1-19-8-5-6-11-23(19)27(32(29,30)22-9-3-2-4-10-22)18-24(28)26-16-7-17-31-21-14-12-20(25)13-15-21/h2-6,8-15H,7,16-18H2,1H3,(H,26,28). The highest BCUT2D eigenvalue weighted by Gasteiger charge is 2.27. The largest absolute Gasteiger partial charge is 0.354 e. The second-order valence-corrected chi connectivity index (χ2v) is 10.6. The van der Waals surface area contributed by atoms with Crippen LogP contribution in [0.5, 0.6) is 0 Å². The Morgan fingerprint density at radius 3 is 2.31 bits per heavy atom. The first-order valence-corrected chi connectivity index (χ1v) is 13.0. The third-order valence-electron chi connectivity index (χ3n) is 4.73. The smallest absolute Gasteiger partial charge is 0.264 e. The van der Waals surface area contributed by atoms with Crippen LogP contribution in [0.3, 0.4) is 0 Å². The van der Waals surface area contributed by atoms with E-state index in [1.165, 1.54) is 16.4 Å². The summed E-state index contributed by atoms with van der Waals surface area (Å²) in [6.07, 6.45) is 0.759. The minimum atomic E-state index is -3.89. The van der Waals surface area contributed by atoms with Gasteiger partial charge in [0.25, 0.3) is 10.0 Å². The number of nitrogens with one attached hydrogen (secondary N) is 1. The van der Waals surface area contributed by atoms with Gasteiger partial charge in [0.2, 0.25) is 5.91 Å². The molecule has 3 rings (SSSR count). The summed E-state index contributed by atoms with van der Waals surface area (Å²) in [6, 6.07) is 22.9. The highest BCUT2D eigenvalue weighted by atomic mass is 35.5. The summed E-state index contributed by atoms with van der Waals surface area (Å²) in [5.41, 5.74) is 1.27. The number of nitrogens with zero attached hydrogens (tertiary/aromatic N) is 1. The lowest BCUT2D eigenvalue weighted by Crippen LogP contribution is -2.41. The van der Waals surface area contributed by atoms with E-state index in [4.69, 9.17) is 11.6 Å². The number of carbonyl (C=O) groups excluding carboxylic acids is 1. The van der Waals surface area contributed by atoms with Gasteiger partial charge in [0, 0.05) is 16.5 Å². The zero-order valence-corrected chi connectivity index (χ0v) is 20.1. The summed E-state index contributed by atoms with van der Waals surface area (Å²) in [5.74, 6) is 0.482. The Morgan fingerprint density at radius 2 is 1.62 bits per heavy atom. The van der Waals surface area contributed by atoms with E-state index in [0.717, 1.165) is 22.6 Å². The molecule has 0 saturated carbocycles. The average Bonchev–Trinajstić information content (AvgIpc) is 2.79. The van der Waals surface area contributed by atoms with Crippen molar-refractivity contribution in [3.05, 3.63) is 89.4 Å². The Labute approximate surface area is 198 Å². The quantitative estimate of drug-likeness (QED) is 0.317. The lowest BCUT2D eigenvalue weighted by molar-refractivity contribution is -0.119. The third kappa shape index (κ3) is 6.51. The Morgan fingerprint density at radius 1 is 0.969 bits per heavy atom. The Hall–Kier alpha value is -2.48. The maximum atomic E-state index is 13.3. The second-order valence-electron chi connectivity index (χ2n) is 7.12. The Balaban J connectivity index is 1.62. The summed E-state index contributed by atoms with van der Waals surface area (Å²) in [5, 5.41) is 3.54. The van der Waals surface area contributed by atoms with Gasteiger partial charge < -0.3 is 5.32 Å². The Kier molecular flexibility index (Phi) is 8.61. The molecule has 0 aliphatic rings. The fourth-order valence-electron chi connectivity index (χ4n) is 3.07. The van der Waals surface area contributed by atoms with Gasteiger partial charge in [-0.25, -0.2) is 8.42 Å². The highest BCUT2D eigenvalue weighted by Crippen LogP contribution is 2.26. The van der Waals surface area contributed by atoms with Gasteiger partial charge in [0.05, 0.1) is 10.6 Å². The summed E-state index contributed by atoms with van der Waals surface area (Å²) >= 11 is 7.57. The van der Waals surface area contributed by atoms with Crippen molar-refractivity contribution >= 4 is 45.0 Å². The number of carbonyl (C=O) groups is 1. The van der Waals surface area contributed by atoms with E-state index in [2.05, 4.69) is 5.32 Å². The lowest BCUT2D eigenvalue weighted by Gasteiger charge is -2.25. The molecule has 3 aromatic rings. The molecule has 0 fully saturated rings. The number of benzene rings is 3. The number of sulfonamides is 1. The van der Waals surface area contributed by atoms with E-state index in [0.29, 0.717) is 17.3 Å². The molecular formula is C24H25ClN2O3S2. The van der Waals surface area contributed by atoms with Crippen molar-refractivity contribution in [1.29, 1.82) is 0 Å². The zero-order chi connectivity index (χ0) is 23.0. The molecule has 0 aliphatic carbocycles. The van der Waals surface area contributed by atoms with Gasteiger partial charge in [-0.3, -0.25) is 9.10 Å². The topological polar surface area (TPSA) is 66.5 Å². The molecule has 0 bridgehead atoms. The number of amides is 1. The lowest BCUT2D eigenvalue weighted by atomic mass is 10.2. The number of aryl methyl sites for hydroxylation is 1. The predicted molar refractivity (Wildman–Crippen MR) is 132 cm³/mol. The first-order chi connectivity index (χ1) is 15.4. The molecule has 0 saturated heterocycles. The van der Waals surface area contributed by atoms with Gasteiger partial charge in [0.1, 0.15) is 6.54 Å². The first kappa shape index (κ1) is 24.2. The number of para-hydroxylation sites is 1. The molecule has 32 heavy (non-hydrogen) atoms. The molecular weight excluding hydrogens is 464 g/mol. The molecule has 1 N–H and O–H groups in total. The van der Waals surface area contributed by atoms with E-state index < -0.39 is 10.0 Å². The van der Waals surface area contributed by atoms with Crippen molar-refractivity contribution in [2.24, 2.45) is 0 Å². The van der Waals surface area contributed by atoms with Crippen LogP contribution in [-0.2, 0) is 14.8 Å². The van der Waals surface area contributed by atoms with Crippen LogP contribution in [0.1, 0.15) is 12.0 Å². The third-order valence-corrected chi connectivity index (χ3v) is 7.85. The maximum Gasteiger partial charge on any atom is 0.264 e. The number of rotatable bonds is 10. The van der Waals surface area contributed by atoms with Gasteiger partial charge in [-0.05, 0) is 67.1 Å². The van der Waals surface area contributed by atoms with Crippen molar-refractivity contribution in [1.82, 2.24) is 5.32 Å². The average molecular weight is 489 g/mol. The van der Waals surface area contributed by atoms with Gasteiger partial charge in [0.15, 0.2) is 0 Å². The van der Waals surface area contributed by atoms with Gasteiger partial charge in [-0.1, -0.05) is 48.0 Å². The fraction of sp³-hybridized carbons (Fsp3) is 0.208. The molecule has 0 unspecified atom stereocenters. The monoisotopic (exact) mass is 488 g/mol. The van der Waals surface area contributed by atoms with Crippen LogP contribution >= 0.6 is 23.4 Å². The highest BCUT2D eigenvalue weighted by molar-refractivity contribution is 7.99. The number of hydrogen-bond acceptors (Lipinski definition) is 4. The van der Waals surface area contributed by atoms with E-state index >= 15 is 0 Å². The van der Waals surface area contributed by atoms with Gasteiger partial charge in [-0.15, -0.1) is 11.8 Å². The van der Waals surface area contributed by atoms with Crippen molar-refractivity contribution in [3.8, 4) is 0 Å². The van der Waals surface area contributed by atoms with Crippen LogP contribution in [0.4, 0.5) is 5.69 Å². The van der Waals surface area contributed by atoms with E-state index in [1.54, 1.807) is 42.1 Å². The van der Waals surface area contributed by atoms with Crippen LogP contribution < -0.4 is 9.62 Å². The maximum absolute atomic E-state index is 13.3. The van der Waals surface area contributed by atoms with Crippen LogP contribution in [0.2, 0.25) is 5.02 Å². The summed E-state index contributed by atoms with van der Waals surface area (Å²) in [4.78, 5) is 13.9. The predicted octanol–water partition coefficient (Wildman–Crippen LogP) is 5.14. The van der Waals surface area contributed by atoms with Crippen molar-refractivity contribution in [2.45, 2.75) is 23.1 Å². The number of thioether (sulfide) groups is 1. The molecule has 0 atom stereocenters. The zero-order valence-electron chi connectivity index (χ0n) is 17.7. The molecule has 8 heteroatoms. The van der Waals surface area contributed by atoms with Crippen LogP contribution in [0, 0.1) is 6.92 Å². The van der Waals surface area contributed by atoms with E-state index in [-0.39, 0.29) is 17.3 Å². The first-order valence-electron chi connectivity index (χ1n) is 10.2. The minimum absolute atomic E-state index is 0.149. The molecule has 0 radical (unpaired) electrons. The van der Waals surface area contributed by atoms with Crippen LogP contribution in [-0.4, -0.2) is 33.2 Å². The molecule has 0 heterocycles. The normalized spacial score (nSPS) is 11.2. The SMILES string of the molecule is Cc1ccccc1N(CC(=O)NCCCSc1ccc(Cl)cc1)S(=O)(=O)c1ccccc1. The summed E-state index contributed by atoms with van der Waals surface area (Å²) in [7, 11) is -3.89. The van der Waals surface area contributed by atoms with Crippen molar-refractivity contribution < 1.29 is 13.2 Å². The summed E-state index contributed by atoms with van der Waals surface area (Å²) < 4.78 is 27.8. The number of halogens is 1. The molecule has 5 nitrogen and oxygen atoms in total. The molecule has 0 spiro atoms. The second kappa shape index (κ2) is 11.4. The van der Waals surface area contributed by atoms with E-state index in [9.17, 15) is 13.2 Å². The molecule has 0 aromatic heterocycles. The molecule has 0 aliphatic heterocycles. The van der Waals surface area contributed by atoms with Gasteiger partial charge >= 0.3 is 0 Å². The van der Waals surface area contributed by atoms with Crippen LogP contribution in [0.25, 0.3) is 0 Å². The number of anilines is 1. The molecule has 168 valence electrons. The minimum Gasteiger partial charge on any atom is -0.354 e. The summed E-state index contributed by atoms with van der Waals surface area (Å²) in [6.45, 7) is 2.01. The van der Waals surface area contributed by atoms with Crippen LogP contribution in [0.15, 0.2) is 88.7 Å².